The number of unbranched alkanes of at least 4 members (excludes halogenated alkanes) is 3. The number of carbonyl (C=O) groups is 1. The van der Waals surface area contributed by atoms with Gasteiger partial charge in [0.25, 0.3) is 0 Å². The first-order valence-corrected chi connectivity index (χ1v) is 16.2. The molecule has 0 aliphatic heterocycles. The number of hydrogen-bond donors (Lipinski definition) is 0. The molecule has 0 spiro atoms. The molecule has 0 fully saturated rings. The van der Waals surface area contributed by atoms with Crippen molar-refractivity contribution >= 4 is 28.6 Å². The Labute approximate surface area is 260 Å². The van der Waals surface area contributed by atoms with Crippen molar-refractivity contribution < 1.29 is 56.9 Å². The summed E-state index contributed by atoms with van der Waals surface area (Å²) in [5.74, 6) is -0.282. The van der Waals surface area contributed by atoms with Crippen LogP contribution in [0.3, 0.4) is 0 Å². The summed E-state index contributed by atoms with van der Waals surface area (Å²) in [6.07, 6.45) is 5.22. The molecule has 0 aromatic heterocycles. The Kier molecular flexibility index (Phi) is 37.6. The Hall–Kier alpha value is -0.200. The van der Waals surface area contributed by atoms with E-state index in [-0.39, 0.29) is 12.4 Å². The van der Waals surface area contributed by atoms with Crippen LogP contribution < -0.4 is 0 Å². The third-order valence-corrected chi connectivity index (χ3v) is 5.96. The number of carbonyl (C=O) groups excluding carboxylic acids is 1. The van der Waals surface area contributed by atoms with Crippen LogP contribution in [-0.4, -0.2) is 150 Å². The van der Waals surface area contributed by atoms with Gasteiger partial charge in [-0.1, -0.05) is 35.4 Å². The molecule has 0 atom stereocenters. The van der Waals surface area contributed by atoms with Crippen molar-refractivity contribution in [3.05, 3.63) is 0 Å². The van der Waals surface area contributed by atoms with Gasteiger partial charge in [0, 0.05) is 6.61 Å². The molecule has 12 nitrogen and oxygen atoms in total. The van der Waals surface area contributed by atoms with Crippen LogP contribution in [0.2, 0.25) is 0 Å². The molecule has 0 N–H and O–H groups in total. The van der Waals surface area contributed by atoms with E-state index in [1.807, 2.05) is 0 Å². The molecule has 41 heavy (non-hydrogen) atoms. The SMILES string of the molecule is COC(=O)CCOCCOCCOCCOCCOCCOCCOCCOCCOCCOCCCCCCI. The fourth-order valence-corrected chi connectivity index (χ4v) is 3.53. The first-order chi connectivity index (χ1) is 20.3. The van der Waals surface area contributed by atoms with Crippen molar-refractivity contribution in [2.75, 3.05) is 144 Å². The predicted molar refractivity (Wildman–Crippen MR) is 162 cm³/mol. The summed E-state index contributed by atoms with van der Waals surface area (Å²) >= 11 is 2.42. The molecule has 13 heteroatoms. The highest BCUT2D eigenvalue weighted by Gasteiger charge is 1.99. The van der Waals surface area contributed by atoms with Crippen LogP contribution >= 0.6 is 22.6 Å². The van der Waals surface area contributed by atoms with E-state index in [9.17, 15) is 4.79 Å². The van der Waals surface area contributed by atoms with Crippen molar-refractivity contribution in [1.29, 1.82) is 0 Å². The van der Waals surface area contributed by atoms with Crippen LogP contribution in [0, 0.1) is 0 Å². The fourth-order valence-electron chi connectivity index (χ4n) is 2.99. The number of hydrogen-bond acceptors (Lipinski definition) is 12. The maximum Gasteiger partial charge on any atom is 0.307 e. The van der Waals surface area contributed by atoms with Crippen molar-refractivity contribution in [2.45, 2.75) is 32.1 Å². The maximum atomic E-state index is 10.9. The summed E-state index contributed by atoms with van der Waals surface area (Å²) in [6.45, 7) is 10.5. The Bertz CT molecular complexity index is 505. The van der Waals surface area contributed by atoms with Gasteiger partial charge in [-0.05, 0) is 17.3 Å². The molecule has 0 radical (unpaired) electrons. The Morgan fingerprint density at radius 1 is 0.390 bits per heavy atom. The van der Waals surface area contributed by atoms with Gasteiger partial charge >= 0.3 is 5.97 Å². The van der Waals surface area contributed by atoms with Gasteiger partial charge in [0.2, 0.25) is 0 Å². The fraction of sp³-hybridized carbons (Fsp3) is 0.964. The van der Waals surface area contributed by atoms with E-state index >= 15 is 0 Å². The molecule has 246 valence electrons. The van der Waals surface area contributed by atoms with Crippen molar-refractivity contribution in [3.8, 4) is 0 Å². The molecule has 0 heterocycles. The van der Waals surface area contributed by atoms with E-state index in [4.69, 9.17) is 47.4 Å². The second-order valence-corrected chi connectivity index (χ2v) is 9.63. The van der Waals surface area contributed by atoms with E-state index < -0.39 is 0 Å². The highest BCUT2D eigenvalue weighted by molar-refractivity contribution is 14.1. The van der Waals surface area contributed by atoms with Crippen LogP contribution in [-0.2, 0) is 56.9 Å². The lowest BCUT2D eigenvalue weighted by atomic mass is 10.2. The quantitative estimate of drug-likeness (QED) is 0.0412. The second-order valence-electron chi connectivity index (χ2n) is 8.55. The Balaban J connectivity index is 3.04. The molecule has 0 aliphatic carbocycles. The minimum absolute atomic E-state index is 0.249. The summed E-state index contributed by atoms with van der Waals surface area (Å²) in [5, 5.41) is 0. The third kappa shape index (κ3) is 37.8. The molecule has 0 rings (SSSR count). The van der Waals surface area contributed by atoms with Crippen LogP contribution in [0.1, 0.15) is 32.1 Å². The number of halogens is 1. The normalized spacial score (nSPS) is 11.4. The standard InChI is InChI=1S/C28H55IO12/c1-31-28(30)6-9-33-11-13-35-15-17-37-19-21-39-23-25-41-27-26-40-24-22-38-20-18-36-16-14-34-12-10-32-8-5-3-2-4-7-29/h2-27H2,1H3. The lowest BCUT2D eigenvalue weighted by Gasteiger charge is -2.09. The molecule has 0 aromatic carbocycles. The van der Waals surface area contributed by atoms with E-state index in [1.54, 1.807) is 0 Å². The largest absolute Gasteiger partial charge is 0.469 e. The van der Waals surface area contributed by atoms with Crippen molar-refractivity contribution in [2.24, 2.45) is 0 Å². The summed E-state index contributed by atoms with van der Waals surface area (Å²) in [4.78, 5) is 10.9. The van der Waals surface area contributed by atoms with Gasteiger partial charge in [-0.25, -0.2) is 0 Å². The summed E-state index contributed by atoms with van der Waals surface area (Å²) < 4.78 is 60.2. The number of rotatable bonds is 36. The summed E-state index contributed by atoms with van der Waals surface area (Å²) in [7, 11) is 1.35. The van der Waals surface area contributed by atoms with Crippen molar-refractivity contribution in [3.63, 3.8) is 0 Å². The molecule has 0 bridgehead atoms. The zero-order valence-electron chi connectivity index (χ0n) is 25.2. The van der Waals surface area contributed by atoms with E-state index in [0.29, 0.717) is 126 Å². The first kappa shape index (κ1) is 40.8. The van der Waals surface area contributed by atoms with Gasteiger partial charge in [0.1, 0.15) is 0 Å². The highest BCUT2D eigenvalue weighted by Crippen LogP contribution is 2.02. The van der Waals surface area contributed by atoms with Crippen molar-refractivity contribution in [1.82, 2.24) is 0 Å². The number of alkyl halides is 1. The molecule has 0 aliphatic rings. The van der Waals surface area contributed by atoms with Gasteiger partial charge in [-0.2, -0.15) is 0 Å². The Morgan fingerprint density at radius 2 is 0.659 bits per heavy atom. The van der Waals surface area contributed by atoms with E-state index in [2.05, 4.69) is 27.3 Å². The zero-order valence-corrected chi connectivity index (χ0v) is 27.3. The first-order valence-electron chi connectivity index (χ1n) is 14.7. The Morgan fingerprint density at radius 3 is 0.951 bits per heavy atom. The summed E-state index contributed by atoms with van der Waals surface area (Å²) in [6, 6.07) is 0. The molecule has 0 aromatic rings. The van der Waals surface area contributed by atoms with Gasteiger partial charge in [-0.3, -0.25) is 4.79 Å². The lowest BCUT2D eigenvalue weighted by molar-refractivity contribution is -0.141. The topological polar surface area (TPSA) is 119 Å². The number of esters is 1. The van der Waals surface area contributed by atoms with E-state index in [0.717, 1.165) is 13.0 Å². The molecule has 0 saturated carbocycles. The van der Waals surface area contributed by atoms with Crippen LogP contribution in [0.25, 0.3) is 0 Å². The smallest absolute Gasteiger partial charge is 0.307 e. The average molecular weight is 711 g/mol. The molecule has 0 amide bonds. The second kappa shape index (κ2) is 37.8. The van der Waals surface area contributed by atoms with E-state index in [1.165, 1.54) is 30.8 Å². The number of methoxy groups -OCH3 is 1. The monoisotopic (exact) mass is 710 g/mol. The predicted octanol–water partition coefficient (Wildman–Crippen LogP) is 2.71. The van der Waals surface area contributed by atoms with Gasteiger partial charge in [0.15, 0.2) is 0 Å². The lowest BCUT2D eigenvalue weighted by Crippen LogP contribution is -2.15. The third-order valence-electron chi connectivity index (χ3n) is 5.20. The van der Waals surface area contributed by atoms with Crippen LogP contribution in [0.4, 0.5) is 0 Å². The minimum Gasteiger partial charge on any atom is -0.469 e. The van der Waals surface area contributed by atoms with Crippen LogP contribution in [0.5, 0.6) is 0 Å². The molecular formula is C28H55IO12. The maximum absolute atomic E-state index is 10.9. The van der Waals surface area contributed by atoms with Gasteiger partial charge in [-0.15, -0.1) is 0 Å². The molecule has 0 saturated heterocycles. The van der Waals surface area contributed by atoms with Gasteiger partial charge < -0.3 is 52.1 Å². The van der Waals surface area contributed by atoms with Gasteiger partial charge in [0.05, 0.1) is 139 Å². The number of ether oxygens (including phenoxy) is 11. The average Bonchev–Trinajstić information content (AvgIpc) is 2.99. The zero-order chi connectivity index (χ0) is 29.7. The summed E-state index contributed by atoms with van der Waals surface area (Å²) in [5.41, 5.74) is 0. The molecule has 0 unspecified atom stereocenters. The minimum atomic E-state index is -0.282. The molecular weight excluding hydrogens is 655 g/mol. The highest BCUT2D eigenvalue weighted by atomic mass is 127. The van der Waals surface area contributed by atoms with Crippen LogP contribution in [0.15, 0.2) is 0 Å².